The van der Waals surface area contributed by atoms with E-state index < -0.39 is 0 Å². The molecule has 0 fully saturated rings. The second-order valence-corrected chi connectivity index (χ2v) is 4.86. The molecule has 0 aromatic heterocycles. The van der Waals surface area contributed by atoms with E-state index in [2.05, 4.69) is 13.8 Å². The quantitative estimate of drug-likeness (QED) is 0.803. The largest absolute Gasteiger partial charge is 0.415 e. The monoisotopic (exact) mass is 271 g/mol. The highest BCUT2D eigenvalue weighted by Gasteiger charge is 2.14. The van der Waals surface area contributed by atoms with E-state index >= 15 is 0 Å². The highest BCUT2D eigenvalue weighted by molar-refractivity contribution is 5.84. The van der Waals surface area contributed by atoms with Crippen molar-refractivity contribution in [3.63, 3.8) is 0 Å². The Balaban J connectivity index is 2.11. The number of hydrogen-bond acceptors (Lipinski definition) is 2. The fourth-order valence-corrected chi connectivity index (χ4v) is 2.23. The first-order valence-corrected chi connectivity index (χ1v) is 7.20. The second-order valence-electron chi connectivity index (χ2n) is 4.86. The molecule has 0 saturated heterocycles. The Labute approximate surface area is 120 Å². The van der Waals surface area contributed by atoms with Gasteiger partial charge in [-0.2, -0.15) is 0 Å². The van der Waals surface area contributed by atoms with Crippen LogP contribution >= 0.6 is 0 Å². The predicted molar refractivity (Wildman–Crippen MR) is 82.1 cm³/mol. The molecule has 0 aliphatic carbocycles. The first-order chi connectivity index (χ1) is 9.74. The lowest BCUT2D eigenvalue weighted by Gasteiger charge is -2.20. The molecule has 0 N–H and O–H groups in total. The van der Waals surface area contributed by atoms with Gasteiger partial charge in [-0.15, -0.1) is 0 Å². The molecule has 0 atom stereocenters. The van der Waals surface area contributed by atoms with Gasteiger partial charge in [0.2, 0.25) is 0 Å². The highest BCUT2D eigenvalue weighted by atomic mass is 16.6. The van der Waals surface area contributed by atoms with Gasteiger partial charge in [0.15, 0.2) is 0 Å². The molecule has 0 bridgehead atoms. The molecular weight excluding hydrogens is 250 g/mol. The second kappa shape index (κ2) is 6.94. The Morgan fingerprint density at radius 2 is 1.65 bits per heavy atom. The van der Waals surface area contributed by atoms with Gasteiger partial charge >= 0.3 is 6.09 Å². The van der Waals surface area contributed by atoms with Crippen LogP contribution in [0.2, 0.25) is 0 Å². The van der Waals surface area contributed by atoms with Gasteiger partial charge in [0.1, 0.15) is 5.75 Å². The zero-order chi connectivity index (χ0) is 14.4. The number of nitrogens with zero attached hydrogens (tertiary/aromatic N) is 1. The van der Waals surface area contributed by atoms with E-state index in [9.17, 15) is 4.79 Å². The van der Waals surface area contributed by atoms with E-state index in [1.54, 1.807) is 4.90 Å². The summed E-state index contributed by atoms with van der Waals surface area (Å²) in [5.74, 6) is 0.603. The average Bonchev–Trinajstić information content (AvgIpc) is 2.47. The zero-order valence-electron chi connectivity index (χ0n) is 12.1. The predicted octanol–water partition coefficient (Wildman–Crippen LogP) is 4.46. The van der Waals surface area contributed by atoms with E-state index in [1.165, 1.54) is 0 Å². The normalized spacial score (nSPS) is 10.5. The van der Waals surface area contributed by atoms with Gasteiger partial charge in [-0.3, -0.25) is 0 Å². The van der Waals surface area contributed by atoms with Gasteiger partial charge < -0.3 is 9.64 Å². The number of hydrogen-bond donors (Lipinski definition) is 0. The van der Waals surface area contributed by atoms with E-state index in [4.69, 9.17) is 4.74 Å². The molecule has 3 heteroatoms. The summed E-state index contributed by atoms with van der Waals surface area (Å²) in [6.45, 7) is 5.60. The Hall–Kier alpha value is -2.03. The number of ether oxygens (including phenoxy) is 1. The molecule has 0 radical (unpaired) electrons. The van der Waals surface area contributed by atoms with Crippen molar-refractivity contribution < 1.29 is 9.53 Å². The molecule has 1 amide bonds. The molecule has 0 spiro atoms. The summed E-state index contributed by atoms with van der Waals surface area (Å²) in [4.78, 5) is 13.9. The van der Waals surface area contributed by atoms with Crippen molar-refractivity contribution in [2.75, 3.05) is 13.1 Å². The van der Waals surface area contributed by atoms with Crippen LogP contribution in [0.4, 0.5) is 4.79 Å². The summed E-state index contributed by atoms with van der Waals surface area (Å²) in [7, 11) is 0. The van der Waals surface area contributed by atoms with Crippen molar-refractivity contribution in [2.24, 2.45) is 0 Å². The van der Waals surface area contributed by atoms with Crippen LogP contribution < -0.4 is 4.74 Å². The van der Waals surface area contributed by atoms with Gasteiger partial charge in [-0.25, -0.2) is 4.79 Å². The molecule has 0 aliphatic rings. The van der Waals surface area contributed by atoms with Crippen LogP contribution in [0.3, 0.4) is 0 Å². The van der Waals surface area contributed by atoms with Crippen LogP contribution in [-0.2, 0) is 0 Å². The van der Waals surface area contributed by atoms with Crippen LogP contribution in [0.5, 0.6) is 5.75 Å². The molecule has 0 unspecified atom stereocenters. The summed E-state index contributed by atoms with van der Waals surface area (Å²) >= 11 is 0. The van der Waals surface area contributed by atoms with Crippen molar-refractivity contribution in [1.29, 1.82) is 0 Å². The minimum absolute atomic E-state index is 0.260. The maximum Gasteiger partial charge on any atom is 0.415 e. The molecule has 20 heavy (non-hydrogen) atoms. The van der Waals surface area contributed by atoms with Gasteiger partial charge in [-0.1, -0.05) is 44.2 Å². The molecule has 0 saturated carbocycles. The van der Waals surface area contributed by atoms with Crippen molar-refractivity contribution >= 4 is 16.9 Å². The number of benzene rings is 2. The van der Waals surface area contributed by atoms with Gasteiger partial charge in [0.05, 0.1) is 0 Å². The number of rotatable bonds is 5. The first-order valence-electron chi connectivity index (χ1n) is 7.20. The number of carbonyl (C=O) groups is 1. The lowest BCUT2D eigenvalue weighted by molar-refractivity contribution is 0.152. The number of fused-ring (bicyclic) bond motifs is 1. The molecule has 106 valence electrons. The van der Waals surface area contributed by atoms with Crippen molar-refractivity contribution in [3.05, 3.63) is 42.5 Å². The lowest BCUT2D eigenvalue weighted by atomic mass is 10.1. The fourth-order valence-electron chi connectivity index (χ4n) is 2.23. The van der Waals surface area contributed by atoms with Gasteiger partial charge in [0.25, 0.3) is 0 Å². The molecular formula is C17H21NO2. The zero-order valence-corrected chi connectivity index (χ0v) is 12.1. The summed E-state index contributed by atoms with van der Waals surface area (Å²) in [6.07, 6.45) is 1.61. The van der Waals surface area contributed by atoms with Crippen LogP contribution in [0, 0.1) is 0 Å². The Bertz CT molecular complexity index is 574. The standard InChI is InChI=1S/C17H21NO2/c1-3-11-18(12-4-2)17(19)20-16-10-9-14-7-5-6-8-15(14)13-16/h5-10,13H,3-4,11-12H2,1-2H3. The maximum atomic E-state index is 12.1. The van der Waals surface area contributed by atoms with Gasteiger partial charge in [-0.05, 0) is 35.7 Å². The van der Waals surface area contributed by atoms with Crippen LogP contribution in [0.1, 0.15) is 26.7 Å². The Kier molecular flexibility index (Phi) is 4.99. The Morgan fingerprint density at radius 3 is 2.30 bits per heavy atom. The third-order valence-electron chi connectivity index (χ3n) is 3.17. The lowest BCUT2D eigenvalue weighted by Crippen LogP contribution is -2.34. The molecule has 0 heterocycles. The van der Waals surface area contributed by atoms with Crippen molar-refractivity contribution in [1.82, 2.24) is 4.90 Å². The first kappa shape index (κ1) is 14.4. The SMILES string of the molecule is CCCN(CCC)C(=O)Oc1ccc2ccccc2c1. The molecule has 0 aliphatic heterocycles. The van der Waals surface area contributed by atoms with Crippen LogP contribution in [0.15, 0.2) is 42.5 Å². The summed E-state index contributed by atoms with van der Waals surface area (Å²) in [6, 6.07) is 13.8. The van der Waals surface area contributed by atoms with Crippen molar-refractivity contribution in [3.8, 4) is 5.75 Å². The maximum absolute atomic E-state index is 12.1. The molecule has 2 rings (SSSR count). The molecule has 2 aromatic rings. The highest BCUT2D eigenvalue weighted by Crippen LogP contribution is 2.21. The van der Waals surface area contributed by atoms with E-state index in [0.717, 1.165) is 36.7 Å². The average molecular weight is 271 g/mol. The summed E-state index contributed by atoms with van der Waals surface area (Å²) < 4.78 is 5.48. The van der Waals surface area contributed by atoms with Crippen LogP contribution in [0.25, 0.3) is 10.8 Å². The number of carbonyl (C=O) groups excluding carboxylic acids is 1. The van der Waals surface area contributed by atoms with Crippen LogP contribution in [-0.4, -0.2) is 24.1 Å². The van der Waals surface area contributed by atoms with E-state index in [0.29, 0.717) is 5.75 Å². The van der Waals surface area contributed by atoms with E-state index in [-0.39, 0.29) is 6.09 Å². The fraction of sp³-hybridized carbons (Fsp3) is 0.353. The Morgan fingerprint density at radius 1 is 1.00 bits per heavy atom. The number of amides is 1. The molecule has 2 aromatic carbocycles. The minimum atomic E-state index is -0.260. The van der Waals surface area contributed by atoms with Crippen molar-refractivity contribution in [2.45, 2.75) is 26.7 Å². The van der Waals surface area contributed by atoms with Gasteiger partial charge in [0, 0.05) is 13.1 Å². The summed E-state index contributed by atoms with van der Waals surface area (Å²) in [5, 5.41) is 2.22. The minimum Gasteiger partial charge on any atom is -0.410 e. The molecule has 3 nitrogen and oxygen atoms in total. The smallest absolute Gasteiger partial charge is 0.410 e. The third kappa shape index (κ3) is 3.50. The van der Waals surface area contributed by atoms with E-state index in [1.807, 2.05) is 42.5 Å². The third-order valence-corrected chi connectivity index (χ3v) is 3.17. The topological polar surface area (TPSA) is 29.5 Å². The summed E-state index contributed by atoms with van der Waals surface area (Å²) in [5.41, 5.74) is 0.